The molecule has 0 atom stereocenters. The van der Waals surface area contributed by atoms with Crippen molar-refractivity contribution in [2.75, 3.05) is 31.1 Å². The summed E-state index contributed by atoms with van der Waals surface area (Å²) in [7, 11) is 0. The summed E-state index contributed by atoms with van der Waals surface area (Å²) in [6.07, 6.45) is 4.09. The topological polar surface area (TPSA) is 52.2 Å². The number of para-hydroxylation sites is 1. The number of anilines is 1. The van der Waals surface area contributed by atoms with E-state index in [9.17, 15) is 4.79 Å². The van der Waals surface area contributed by atoms with Gasteiger partial charge in [-0.3, -0.25) is 4.79 Å². The van der Waals surface area contributed by atoms with Crippen LogP contribution in [0.15, 0.2) is 48.8 Å². The minimum absolute atomic E-state index is 0.178. The highest BCUT2D eigenvalue weighted by atomic mass is 35.5. The average molecular weight is 355 g/mol. The molecule has 1 amide bonds. The molecule has 0 unspecified atom stereocenters. The van der Waals surface area contributed by atoms with Crippen molar-refractivity contribution in [1.82, 2.24) is 14.9 Å². The Kier molecular flexibility index (Phi) is 4.32. The Balaban J connectivity index is 1.40. The van der Waals surface area contributed by atoms with E-state index in [0.717, 1.165) is 48.3 Å². The third-order valence-corrected chi connectivity index (χ3v) is 4.93. The summed E-state index contributed by atoms with van der Waals surface area (Å²) in [6, 6.07) is 11.9. The van der Waals surface area contributed by atoms with E-state index in [-0.39, 0.29) is 5.91 Å². The fourth-order valence-corrected chi connectivity index (χ4v) is 3.52. The van der Waals surface area contributed by atoms with Crippen LogP contribution in [0, 0.1) is 0 Å². The fraction of sp³-hybridized carbons (Fsp3) is 0.263. The number of H-pyrrole nitrogens is 1. The maximum Gasteiger partial charge on any atom is 0.227 e. The lowest BCUT2D eigenvalue weighted by molar-refractivity contribution is -0.130. The van der Waals surface area contributed by atoms with Gasteiger partial charge in [0.2, 0.25) is 5.91 Å². The van der Waals surface area contributed by atoms with Gasteiger partial charge in [0.05, 0.1) is 6.42 Å². The Bertz CT molecular complexity index is 899. The van der Waals surface area contributed by atoms with Gasteiger partial charge < -0.3 is 14.8 Å². The van der Waals surface area contributed by atoms with Crippen molar-refractivity contribution >= 4 is 34.1 Å². The largest absolute Gasteiger partial charge is 0.368 e. The summed E-state index contributed by atoms with van der Waals surface area (Å²) in [5.74, 6) is 0.178. The Morgan fingerprint density at radius 2 is 1.96 bits per heavy atom. The number of carbonyl (C=O) groups excluding carboxylic acids is 1. The Labute approximate surface area is 151 Å². The molecule has 128 valence electrons. The van der Waals surface area contributed by atoms with E-state index in [2.05, 4.69) is 20.9 Å². The van der Waals surface area contributed by atoms with Gasteiger partial charge in [-0.05, 0) is 23.8 Å². The zero-order valence-corrected chi connectivity index (χ0v) is 14.5. The third-order valence-electron chi connectivity index (χ3n) is 4.72. The molecule has 4 rings (SSSR count). The summed E-state index contributed by atoms with van der Waals surface area (Å²) in [5.41, 5.74) is 3.19. The number of nitrogens with one attached hydrogen (secondary N) is 1. The zero-order valence-electron chi connectivity index (χ0n) is 13.8. The molecule has 2 aromatic heterocycles. The van der Waals surface area contributed by atoms with Crippen molar-refractivity contribution in [3.63, 3.8) is 0 Å². The summed E-state index contributed by atoms with van der Waals surface area (Å²) >= 11 is 5.97. The molecule has 0 saturated carbocycles. The first-order valence-corrected chi connectivity index (χ1v) is 8.78. The summed E-state index contributed by atoms with van der Waals surface area (Å²) in [4.78, 5) is 24.1. The van der Waals surface area contributed by atoms with Gasteiger partial charge in [-0.25, -0.2) is 4.98 Å². The lowest BCUT2D eigenvalue weighted by Crippen LogP contribution is -2.49. The second-order valence-corrected chi connectivity index (χ2v) is 6.63. The summed E-state index contributed by atoms with van der Waals surface area (Å²) in [6.45, 7) is 3.06. The molecule has 1 aromatic carbocycles. The minimum atomic E-state index is 0.178. The summed E-state index contributed by atoms with van der Waals surface area (Å²) in [5, 5.41) is 1.62. The van der Waals surface area contributed by atoms with Crippen molar-refractivity contribution in [3.8, 4) is 0 Å². The highest BCUT2D eigenvalue weighted by Gasteiger charge is 2.22. The van der Waals surface area contributed by atoms with E-state index in [1.165, 1.54) is 0 Å². The monoisotopic (exact) mass is 354 g/mol. The van der Waals surface area contributed by atoms with Crippen molar-refractivity contribution in [3.05, 3.63) is 59.5 Å². The van der Waals surface area contributed by atoms with Gasteiger partial charge in [-0.15, -0.1) is 0 Å². The molecule has 1 aliphatic rings. The minimum Gasteiger partial charge on any atom is -0.368 e. The number of fused-ring (bicyclic) bond motifs is 1. The predicted molar refractivity (Wildman–Crippen MR) is 100 cm³/mol. The van der Waals surface area contributed by atoms with Crippen LogP contribution in [0.5, 0.6) is 0 Å². The first kappa shape index (κ1) is 16.0. The van der Waals surface area contributed by atoms with Gasteiger partial charge in [-0.2, -0.15) is 0 Å². The maximum absolute atomic E-state index is 12.7. The van der Waals surface area contributed by atoms with E-state index in [4.69, 9.17) is 11.6 Å². The van der Waals surface area contributed by atoms with Crippen molar-refractivity contribution in [1.29, 1.82) is 0 Å². The van der Waals surface area contributed by atoms with Crippen LogP contribution in [0.2, 0.25) is 5.15 Å². The van der Waals surface area contributed by atoms with Gasteiger partial charge in [0.15, 0.2) is 0 Å². The molecule has 6 heteroatoms. The highest BCUT2D eigenvalue weighted by Crippen LogP contribution is 2.21. The molecule has 0 spiro atoms. The highest BCUT2D eigenvalue weighted by molar-refractivity contribution is 6.29. The molecule has 1 N–H and O–H groups in total. The smallest absolute Gasteiger partial charge is 0.227 e. The lowest BCUT2D eigenvalue weighted by atomic mass is 10.1. The van der Waals surface area contributed by atoms with Crippen molar-refractivity contribution in [2.45, 2.75) is 6.42 Å². The van der Waals surface area contributed by atoms with E-state index in [1.807, 2.05) is 41.4 Å². The summed E-state index contributed by atoms with van der Waals surface area (Å²) < 4.78 is 0. The Morgan fingerprint density at radius 1 is 1.16 bits per heavy atom. The van der Waals surface area contributed by atoms with Crippen LogP contribution in [-0.4, -0.2) is 47.0 Å². The lowest BCUT2D eigenvalue weighted by Gasteiger charge is -2.36. The molecule has 1 aliphatic heterocycles. The van der Waals surface area contributed by atoms with Crippen LogP contribution in [0.25, 0.3) is 10.9 Å². The molecule has 0 bridgehead atoms. The molecule has 25 heavy (non-hydrogen) atoms. The number of aromatic nitrogens is 2. The quantitative estimate of drug-likeness (QED) is 0.735. The SMILES string of the molecule is O=C(Cc1c[nH]c2ccccc12)N1CCN(c2ccnc(Cl)c2)CC1. The van der Waals surface area contributed by atoms with Crippen LogP contribution in [0.1, 0.15) is 5.56 Å². The van der Waals surface area contributed by atoms with Crippen LogP contribution >= 0.6 is 11.6 Å². The van der Waals surface area contributed by atoms with Crippen LogP contribution in [-0.2, 0) is 11.2 Å². The standard InChI is InChI=1S/C19H19ClN4O/c20-18-12-15(5-6-21-18)23-7-9-24(10-8-23)19(25)11-14-13-22-17-4-2-1-3-16(14)17/h1-6,12-13,22H,7-11H2. The van der Waals surface area contributed by atoms with Gasteiger partial charge >= 0.3 is 0 Å². The van der Waals surface area contributed by atoms with Gasteiger partial charge in [0, 0.05) is 55.2 Å². The third kappa shape index (κ3) is 3.33. The number of pyridine rings is 1. The van der Waals surface area contributed by atoms with E-state index >= 15 is 0 Å². The maximum atomic E-state index is 12.7. The average Bonchev–Trinajstić information content (AvgIpc) is 3.05. The number of carbonyl (C=O) groups is 1. The molecule has 3 heterocycles. The molecular formula is C19H19ClN4O. The number of hydrogen-bond donors (Lipinski definition) is 1. The van der Waals surface area contributed by atoms with Crippen LogP contribution in [0.3, 0.4) is 0 Å². The molecule has 0 aliphatic carbocycles. The predicted octanol–water partition coefficient (Wildman–Crippen LogP) is 3.11. The van der Waals surface area contributed by atoms with E-state index in [0.29, 0.717) is 11.6 Å². The second-order valence-electron chi connectivity index (χ2n) is 6.24. The van der Waals surface area contributed by atoms with Crippen LogP contribution < -0.4 is 4.90 Å². The molecule has 1 saturated heterocycles. The Morgan fingerprint density at radius 3 is 2.76 bits per heavy atom. The number of aromatic amines is 1. The van der Waals surface area contributed by atoms with Gasteiger partial charge in [0.1, 0.15) is 5.15 Å². The number of piperazine rings is 1. The molecule has 1 fully saturated rings. The first-order chi connectivity index (χ1) is 12.2. The fourth-order valence-electron chi connectivity index (χ4n) is 3.36. The molecule has 5 nitrogen and oxygen atoms in total. The normalized spacial score (nSPS) is 14.9. The van der Waals surface area contributed by atoms with Gasteiger partial charge in [0.25, 0.3) is 0 Å². The number of halogens is 1. The second kappa shape index (κ2) is 6.76. The zero-order chi connectivity index (χ0) is 17.2. The number of nitrogens with zero attached hydrogens (tertiary/aromatic N) is 3. The molecule has 0 radical (unpaired) electrons. The van der Waals surface area contributed by atoms with E-state index < -0.39 is 0 Å². The molecular weight excluding hydrogens is 336 g/mol. The number of amides is 1. The number of benzene rings is 1. The number of rotatable bonds is 3. The van der Waals surface area contributed by atoms with Crippen LogP contribution in [0.4, 0.5) is 5.69 Å². The van der Waals surface area contributed by atoms with E-state index in [1.54, 1.807) is 6.20 Å². The van der Waals surface area contributed by atoms with Crippen molar-refractivity contribution in [2.24, 2.45) is 0 Å². The van der Waals surface area contributed by atoms with Gasteiger partial charge in [-0.1, -0.05) is 29.8 Å². The number of hydrogen-bond acceptors (Lipinski definition) is 3. The molecule has 3 aromatic rings. The Hall–Kier alpha value is -2.53. The van der Waals surface area contributed by atoms with Crippen molar-refractivity contribution < 1.29 is 4.79 Å². The first-order valence-electron chi connectivity index (χ1n) is 8.40.